The van der Waals surface area contributed by atoms with Crippen LogP contribution in [0.4, 0.5) is 35.1 Å². The van der Waals surface area contributed by atoms with Crippen molar-refractivity contribution in [1.29, 1.82) is 0 Å². The van der Waals surface area contributed by atoms with E-state index in [1.54, 1.807) is 30.3 Å². The second kappa shape index (κ2) is 12.5. The molecule has 0 aliphatic heterocycles. The molecule has 0 spiro atoms. The van der Waals surface area contributed by atoms with Crippen LogP contribution in [0, 0.1) is 35.0 Å². The summed E-state index contributed by atoms with van der Waals surface area (Å²) in [6, 6.07) is 12.0. The molecule has 4 rings (SSSR count). The van der Waals surface area contributed by atoms with Crippen LogP contribution in [-0.4, -0.2) is 12.0 Å². The third-order valence-electron chi connectivity index (χ3n) is 8.27. The molecule has 3 aromatic rings. The maximum atomic E-state index is 15.6. The second-order valence-electron chi connectivity index (χ2n) is 10.8. The minimum absolute atomic E-state index is 0.00348. The van der Waals surface area contributed by atoms with Crippen molar-refractivity contribution in [2.75, 3.05) is 0 Å². The number of unbranched alkanes of at least 4 members (excludes halogenated alkanes) is 2. The fourth-order valence-corrected chi connectivity index (χ4v) is 6.35. The zero-order chi connectivity index (χ0) is 29.9. The molecule has 0 amide bonds. The van der Waals surface area contributed by atoms with Gasteiger partial charge in [0.15, 0.2) is 23.3 Å². The van der Waals surface area contributed by atoms with Crippen LogP contribution in [0.1, 0.15) is 76.7 Å². The summed E-state index contributed by atoms with van der Waals surface area (Å²) in [7, 11) is 0. The van der Waals surface area contributed by atoms with Gasteiger partial charge in [0.1, 0.15) is 5.82 Å². The molecule has 41 heavy (non-hydrogen) atoms. The summed E-state index contributed by atoms with van der Waals surface area (Å²) in [4.78, 5) is 0. The third kappa shape index (κ3) is 6.45. The summed E-state index contributed by atoms with van der Waals surface area (Å²) in [5, 5.41) is 0. The Kier molecular flexibility index (Phi) is 9.46. The molecule has 0 bridgehead atoms. The first-order valence-electron chi connectivity index (χ1n) is 13.9. The lowest BCUT2D eigenvalue weighted by Crippen LogP contribution is -2.49. The van der Waals surface area contributed by atoms with Gasteiger partial charge in [-0.3, -0.25) is 4.74 Å². The van der Waals surface area contributed by atoms with E-state index in [1.807, 2.05) is 6.92 Å². The van der Waals surface area contributed by atoms with Crippen molar-refractivity contribution in [1.82, 2.24) is 0 Å². The van der Waals surface area contributed by atoms with Gasteiger partial charge in [-0.1, -0.05) is 88.4 Å². The molecular formula is C32H32F8O. The molecule has 222 valence electrons. The highest BCUT2D eigenvalue weighted by atomic mass is 19.4. The molecule has 3 aromatic carbocycles. The molecule has 0 saturated heterocycles. The summed E-state index contributed by atoms with van der Waals surface area (Å²) in [5.41, 5.74) is -3.67. The summed E-state index contributed by atoms with van der Waals surface area (Å²) in [6.45, 7) is 3.15. The first kappa shape index (κ1) is 31.0. The quantitative estimate of drug-likeness (QED) is 0.138. The van der Waals surface area contributed by atoms with Crippen molar-refractivity contribution in [3.63, 3.8) is 0 Å². The fourth-order valence-electron chi connectivity index (χ4n) is 6.35. The Morgan fingerprint density at radius 3 is 2.10 bits per heavy atom. The molecular weight excluding hydrogens is 552 g/mol. The van der Waals surface area contributed by atoms with Gasteiger partial charge in [-0.05, 0) is 48.3 Å². The normalized spacial score (nSPS) is 20.3. The maximum Gasteiger partial charge on any atom is 0.523 e. The van der Waals surface area contributed by atoms with Gasteiger partial charge in [0.2, 0.25) is 0 Å². The van der Waals surface area contributed by atoms with Crippen molar-refractivity contribution in [2.24, 2.45) is 5.92 Å². The minimum Gasteiger partial charge on any atom is -0.285 e. The SMILES string of the molecule is CCCCCC1(OC(F)(F)F)CCCCC1C(C)c1c(F)c(F)c(-c2ccc(-c3ccccc3)cc2F)c(F)c1F. The van der Waals surface area contributed by atoms with Crippen molar-refractivity contribution >= 4 is 0 Å². The van der Waals surface area contributed by atoms with Crippen LogP contribution >= 0.6 is 0 Å². The topological polar surface area (TPSA) is 9.23 Å². The van der Waals surface area contributed by atoms with Crippen LogP contribution in [0.3, 0.4) is 0 Å². The number of halogens is 8. The lowest BCUT2D eigenvalue weighted by molar-refractivity contribution is -0.381. The molecule has 0 aromatic heterocycles. The van der Waals surface area contributed by atoms with E-state index in [9.17, 15) is 13.2 Å². The highest BCUT2D eigenvalue weighted by Crippen LogP contribution is 2.51. The molecule has 1 aliphatic rings. The summed E-state index contributed by atoms with van der Waals surface area (Å²) in [6.07, 6.45) is -2.28. The molecule has 1 saturated carbocycles. The van der Waals surface area contributed by atoms with Gasteiger partial charge in [0.25, 0.3) is 0 Å². The van der Waals surface area contributed by atoms with Crippen LogP contribution in [0.5, 0.6) is 0 Å². The van der Waals surface area contributed by atoms with E-state index in [2.05, 4.69) is 4.74 Å². The van der Waals surface area contributed by atoms with Crippen LogP contribution in [0.2, 0.25) is 0 Å². The maximum absolute atomic E-state index is 15.6. The molecule has 1 aliphatic carbocycles. The van der Waals surface area contributed by atoms with Crippen LogP contribution < -0.4 is 0 Å². The third-order valence-corrected chi connectivity index (χ3v) is 8.27. The molecule has 1 nitrogen and oxygen atoms in total. The summed E-state index contributed by atoms with van der Waals surface area (Å²) in [5.74, 6) is -10.6. The number of hydrogen-bond donors (Lipinski definition) is 0. The fraction of sp³-hybridized carbons (Fsp3) is 0.438. The Morgan fingerprint density at radius 2 is 1.51 bits per heavy atom. The molecule has 0 N–H and O–H groups in total. The van der Waals surface area contributed by atoms with Gasteiger partial charge in [-0.15, -0.1) is 13.2 Å². The van der Waals surface area contributed by atoms with Gasteiger partial charge in [-0.2, -0.15) is 0 Å². The zero-order valence-electron chi connectivity index (χ0n) is 22.9. The van der Waals surface area contributed by atoms with E-state index in [-0.39, 0.29) is 19.3 Å². The number of hydrogen-bond acceptors (Lipinski definition) is 1. The van der Waals surface area contributed by atoms with Crippen molar-refractivity contribution in [3.05, 3.63) is 83.2 Å². The summed E-state index contributed by atoms with van der Waals surface area (Å²) >= 11 is 0. The lowest BCUT2D eigenvalue weighted by Gasteiger charge is -2.47. The van der Waals surface area contributed by atoms with E-state index in [0.29, 0.717) is 36.8 Å². The van der Waals surface area contributed by atoms with Gasteiger partial charge in [0.05, 0.1) is 11.2 Å². The lowest BCUT2D eigenvalue weighted by atomic mass is 9.65. The predicted molar refractivity (Wildman–Crippen MR) is 141 cm³/mol. The molecule has 3 atom stereocenters. The highest BCUT2D eigenvalue weighted by molar-refractivity contribution is 5.72. The Hall–Kier alpha value is -2.94. The number of alkyl halides is 3. The van der Waals surface area contributed by atoms with Crippen LogP contribution in [0.15, 0.2) is 48.5 Å². The largest absolute Gasteiger partial charge is 0.523 e. The average Bonchev–Trinajstić information content (AvgIpc) is 2.93. The Labute approximate surface area is 234 Å². The van der Waals surface area contributed by atoms with E-state index in [0.717, 1.165) is 18.6 Å². The summed E-state index contributed by atoms with van der Waals surface area (Å²) < 4.78 is 123. The smallest absolute Gasteiger partial charge is 0.285 e. The van der Waals surface area contributed by atoms with E-state index in [1.165, 1.54) is 13.0 Å². The standard InChI is InChI=1S/C32H32F8O/c1-3-4-9-16-31(41-32(38,39)40)17-10-8-13-23(31)19(2)25-27(34)29(36)26(30(37)28(25)35)22-15-14-21(18-24(22)33)20-11-6-5-7-12-20/h5-7,11-12,14-15,18-19,23H,3-4,8-10,13,16-17H2,1-2H3. The Balaban J connectivity index is 1.77. The second-order valence-corrected chi connectivity index (χ2v) is 10.8. The molecule has 1 fully saturated rings. The van der Waals surface area contributed by atoms with Gasteiger partial charge < -0.3 is 0 Å². The van der Waals surface area contributed by atoms with Gasteiger partial charge >= 0.3 is 6.36 Å². The zero-order valence-corrected chi connectivity index (χ0v) is 22.9. The molecule has 9 heteroatoms. The number of rotatable bonds is 9. The van der Waals surface area contributed by atoms with Crippen molar-refractivity contribution in [2.45, 2.75) is 83.1 Å². The highest BCUT2D eigenvalue weighted by Gasteiger charge is 2.51. The Bertz CT molecular complexity index is 1330. The monoisotopic (exact) mass is 584 g/mol. The molecule has 0 heterocycles. The van der Waals surface area contributed by atoms with Crippen LogP contribution in [0.25, 0.3) is 22.3 Å². The Morgan fingerprint density at radius 1 is 0.854 bits per heavy atom. The van der Waals surface area contributed by atoms with Crippen molar-refractivity contribution in [3.8, 4) is 22.3 Å². The number of ether oxygens (including phenoxy) is 1. The molecule has 3 unspecified atom stereocenters. The van der Waals surface area contributed by atoms with E-state index in [4.69, 9.17) is 0 Å². The van der Waals surface area contributed by atoms with E-state index < -0.39 is 69.6 Å². The van der Waals surface area contributed by atoms with Gasteiger partial charge in [-0.25, -0.2) is 22.0 Å². The predicted octanol–water partition coefficient (Wildman–Crippen LogP) is 10.9. The molecule has 0 radical (unpaired) electrons. The van der Waals surface area contributed by atoms with Crippen molar-refractivity contribution < 1.29 is 39.9 Å². The first-order valence-corrected chi connectivity index (χ1v) is 13.9. The van der Waals surface area contributed by atoms with Gasteiger partial charge in [0, 0.05) is 11.1 Å². The first-order chi connectivity index (χ1) is 19.4. The van der Waals surface area contributed by atoms with Crippen LogP contribution in [-0.2, 0) is 4.74 Å². The average molecular weight is 585 g/mol. The number of benzene rings is 3. The van der Waals surface area contributed by atoms with E-state index >= 15 is 22.0 Å². The minimum atomic E-state index is -5.01.